The Balaban J connectivity index is 3.25. The number of carbonyl (C=O) groups is 2. The number of hydrogen-bond acceptors (Lipinski definition) is 5. The molecule has 0 aliphatic rings. The second-order valence-corrected chi connectivity index (χ2v) is 11.7. The zero-order valence-corrected chi connectivity index (χ0v) is 16.7. The van der Waals surface area contributed by atoms with Gasteiger partial charge >= 0.3 is 11.9 Å². The standard InChI is InChI=1S/C18H28O5Si/c1-8-21-16(19)14-11-10-13(12-15(14)17(20)22-9-2)23-24(6,7)18(3,4)5/h10-12H,8-9H2,1-7H3. The zero-order chi connectivity index (χ0) is 18.5. The molecule has 0 amide bonds. The van der Waals surface area contributed by atoms with Gasteiger partial charge < -0.3 is 13.9 Å². The molecule has 0 heterocycles. The number of ether oxygens (including phenoxy) is 2. The van der Waals surface area contributed by atoms with Crippen LogP contribution < -0.4 is 4.43 Å². The van der Waals surface area contributed by atoms with E-state index in [9.17, 15) is 9.59 Å². The van der Waals surface area contributed by atoms with Gasteiger partial charge in [-0.15, -0.1) is 0 Å². The summed E-state index contributed by atoms with van der Waals surface area (Å²) in [5.74, 6) is -0.529. The molecule has 0 fully saturated rings. The van der Waals surface area contributed by atoms with Crippen molar-refractivity contribution in [2.24, 2.45) is 0 Å². The van der Waals surface area contributed by atoms with Gasteiger partial charge in [0.05, 0.1) is 24.3 Å². The van der Waals surface area contributed by atoms with Crippen LogP contribution in [0.5, 0.6) is 5.75 Å². The molecule has 134 valence electrons. The van der Waals surface area contributed by atoms with E-state index in [1.165, 1.54) is 0 Å². The quantitative estimate of drug-likeness (QED) is 0.560. The Morgan fingerprint density at radius 1 is 0.958 bits per heavy atom. The van der Waals surface area contributed by atoms with Crippen LogP contribution in [0.25, 0.3) is 0 Å². The van der Waals surface area contributed by atoms with Gasteiger partial charge in [0.1, 0.15) is 5.75 Å². The summed E-state index contributed by atoms with van der Waals surface area (Å²) in [4.78, 5) is 24.3. The van der Waals surface area contributed by atoms with Crippen LogP contribution in [0.15, 0.2) is 18.2 Å². The van der Waals surface area contributed by atoms with Gasteiger partial charge in [-0.25, -0.2) is 9.59 Å². The lowest BCUT2D eigenvalue weighted by Gasteiger charge is -2.36. The van der Waals surface area contributed by atoms with Gasteiger partial charge in [0, 0.05) is 0 Å². The molecule has 24 heavy (non-hydrogen) atoms. The zero-order valence-electron chi connectivity index (χ0n) is 15.7. The third-order valence-corrected chi connectivity index (χ3v) is 8.52. The molecule has 0 unspecified atom stereocenters. The van der Waals surface area contributed by atoms with Crippen molar-refractivity contribution in [3.63, 3.8) is 0 Å². The maximum absolute atomic E-state index is 12.2. The normalized spacial score (nSPS) is 11.8. The van der Waals surface area contributed by atoms with E-state index in [0.717, 1.165) is 0 Å². The van der Waals surface area contributed by atoms with Crippen LogP contribution in [0.4, 0.5) is 0 Å². The minimum absolute atomic E-state index is 0.0247. The number of carbonyl (C=O) groups excluding carboxylic acids is 2. The van der Waals surface area contributed by atoms with E-state index < -0.39 is 20.3 Å². The fourth-order valence-corrected chi connectivity index (χ4v) is 2.82. The Morgan fingerprint density at radius 3 is 1.92 bits per heavy atom. The molecular weight excluding hydrogens is 324 g/mol. The molecule has 0 N–H and O–H groups in total. The fraction of sp³-hybridized carbons (Fsp3) is 0.556. The van der Waals surface area contributed by atoms with Crippen LogP contribution in [0, 0.1) is 0 Å². The summed E-state index contributed by atoms with van der Waals surface area (Å²) in [6, 6.07) is 4.84. The minimum Gasteiger partial charge on any atom is -0.543 e. The molecule has 0 saturated heterocycles. The highest BCUT2D eigenvalue weighted by atomic mass is 28.4. The van der Waals surface area contributed by atoms with Crippen molar-refractivity contribution in [3.8, 4) is 5.75 Å². The first-order chi connectivity index (χ1) is 11.0. The molecule has 6 heteroatoms. The van der Waals surface area contributed by atoms with Gasteiger partial charge in [-0.05, 0) is 50.2 Å². The van der Waals surface area contributed by atoms with Gasteiger partial charge in [0.15, 0.2) is 0 Å². The van der Waals surface area contributed by atoms with Crippen molar-refractivity contribution in [1.82, 2.24) is 0 Å². The van der Waals surface area contributed by atoms with Crippen molar-refractivity contribution >= 4 is 20.3 Å². The molecular formula is C18H28O5Si. The molecule has 5 nitrogen and oxygen atoms in total. The average molecular weight is 353 g/mol. The predicted molar refractivity (Wildman–Crippen MR) is 96.2 cm³/mol. The topological polar surface area (TPSA) is 61.8 Å². The molecule has 1 aromatic carbocycles. The van der Waals surface area contributed by atoms with E-state index in [4.69, 9.17) is 13.9 Å². The van der Waals surface area contributed by atoms with Gasteiger partial charge in [0.25, 0.3) is 0 Å². The third kappa shape index (κ3) is 4.83. The first kappa shape index (κ1) is 20.2. The van der Waals surface area contributed by atoms with E-state index in [-0.39, 0.29) is 29.4 Å². The Hall–Kier alpha value is -1.82. The lowest BCUT2D eigenvalue weighted by molar-refractivity contribution is 0.0478. The Labute approximate surface area is 145 Å². The lowest BCUT2D eigenvalue weighted by atomic mass is 10.1. The summed E-state index contributed by atoms with van der Waals surface area (Å²) in [6.45, 7) is 14.6. The van der Waals surface area contributed by atoms with Gasteiger partial charge in [0.2, 0.25) is 8.32 Å². The Kier molecular flexibility index (Phi) is 6.60. The molecule has 1 rings (SSSR count). The highest BCUT2D eigenvalue weighted by Crippen LogP contribution is 2.37. The number of esters is 2. The first-order valence-corrected chi connectivity index (χ1v) is 11.1. The fourth-order valence-electron chi connectivity index (χ4n) is 1.80. The molecule has 1 aromatic rings. The molecule has 0 aliphatic heterocycles. The van der Waals surface area contributed by atoms with Crippen LogP contribution in [-0.2, 0) is 9.47 Å². The largest absolute Gasteiger partial charge is 0.543 e. The molecule has 0 spiro atoms. The molecule has 0 atom stereocenters. The van der Waals surface area contributed by atoms with Crippen molar-refractivity contribution in [2.45, 2.75) is 52.8 Å². The average Bonchev–Trinajstić information content (AvgIpc) is 2.46. The van der Waals surface area contributed by atoms with Crippen molar-refractivity contribution in [3.05, 3.63) is 29.3 Å². The summed E-state index contributed by atoms with van der Waals surface area (Å²) in [7, 11) is -2.05. The summed E-state index contributed by atoms with van der Waals surface area (Å²) < 4.78 is 16.3. The van der Waals surface area contributed by atoms with Crippen molar-refractivity contribution in [2.75, 3.05) is 13.2 Å². The maximum Gasteiger partial charge on any atom is 0.339 e. The highest BCUT2D eigenvalue weighted by Gasteiger charge is 2.39. The van der Waals surface area contributed by atoms with E-state index in [0.29, 0.717) is 5.75 Å². The second-order valence-electron chi connectivity index (χ2n) is 7.01. The molecule has 0 saturated carbocycles. The Bertz CT molecular complexity index is 602. The van der Waals surface area contributed by atoms with Crippen LogP contribution in [-0.4, -0.2) is 33.5 Å². The predicted octanol–water partition coefficient (Wildman–Crippen LogP) is 4.42. The Morgan fingerprint density at radius 2 is 1.46 bits per heavy atom. The third-order valence-electron chi connectivity index (χ3n) is 4.16. The minimum atomic E-state index is -2.05. The highest BCUT2D eigenvalue weighted by molar-refractivity contribution is 6.74. The number of benzene rings is 1. The van der Waals surface area contributed by atoms with E-state index in [1.54, 1.807) is 32.0 Å². The molecule has 0 radical (unpaired) electrons. The number of rotatable bonds is 6. The van der Waals surface area contributed by atoms with Gasteiger partial charge in [-0.3, -0.25) is 0 Å². The van der Waals surface area contributed by atoms with Crippen molar-refractivity contribution in [1.29, 1.82) is 0 Å². The second kappa shape index (κ2) is 7.83. The summed E-state index contributed by atoms with van der Waals surface area (Å²) in [5.41, 5.74) is 0.365. The van der Waals surface area contributed by atoms with Gasteiger partial charge in [-0.1, -0.05) is 20.8 Å². The molecule has 0 bridgehead atoms. The van der Waals surface area contributed by atoms with Gasteiger partial charge in [-0.2, -0.15) is 0 Å². The number of hydrogen-bond donors (Lipinski definition) is 0. The van der Waals surface area contributed by atoms with Crippen molar-refractivity contribution < 1.29 is 23.5 Å². The van der Waals surface area contributed by atoms with Crippen LogP contribution in [0.2, 0.25) is 18.1 Å². The SMILES string of the molecule is CCOC(=O)c1ccc(O[Si](C)(C)C(C)(C)C)cc1C(=O)OCC. The summed E-state index contributed by atoms with van der Waals surface area (Å²) in [5, 5.41) is 0.0247. The molecule has 0 aromatic heterocycles. The monoisotopic (exact) mass is 352 g/mol. The van der Waals surface area contributed by atoms with E-state index >= 15 is 0 Å². The smallest absolute Gasteiger partial charge is 0.339 e. The lowest BCUT2D eigenvalue weighted by Crippen LogP contribution is -2.43. The van der Waals surface area contributed by atoms with Crippen LogP contribution in [0.1, 0.15) is 55.3 Å². The maximum atomic E-state index is 12.2. The van der Waals surface area contributed by atoms with E-state index in [1.807, 2.05) is 0 Å². The summed E-state index contributed by atoms with van der Waals surface area (Å²) >= 11 is 0. The molecule has 0 aliphatic carbocycles. The van der Waals surface area contributed by atoms with Crippen LogP contribution in [0.3, 0.4) is 0 Å². The van der Waals surface area contributed by atoms with Crippen LogP contribution >= 0.6 is 0 Å². The van der Waals surface area contributed by atoms with E-state index in [2.05, 4.69) is 33.9 Å². The first-order valence-electron chi connectivity index (χ1n) is 8.20. The summed E-state index contributed by atoms with van der Waals surface area (Å²) in [6.07, 6.45) is 0.